The maximum atomic E-state index is 16.0. The highest BCUT2D eigenvalue weighted by molar-refractivity contribution is 7.36. The molecule has 1 saturated heterocycles. The number of nitrogens with two attached hydrogens (primary N) is 1. The average Bonchev–Trinajstić information content (AvgIpc) is 3.46. The number of carbonyl (C=O) groups excluding carboxylic acids is 1. The minimum atomic E-state index is -3.29. The number of ether oxygens (including phenoxy) is 2. The molecule has 0 aliphatic carbocycles. The maximum absolute atomic E-state index is 16.0. The zero-order chi connectivity index (χ0) is 30.8. The van der Waals surface area contributed by atoms with Crippen LogP contribution in [0.3, 0.4) is 0 Å². The molecule has 6 atom stereocenters. The Morgan fingerprint density at radius 3 is 2.62 bits per heavy atom. The Labute approximate surface area is 243 Å². The third-order valence-electron chi connectivity index (χ3n) is 6.77. The van der Waals surface area contributed by atoms with Crippen molar-refractivity contribution in [2.24, 2.45) is 0 Å². The van der Waals surface area contributed by atoms with Crippen molar-refractivity contribution in [2.45, 2.75) is 70.9 Å². The fourth-order valence-electron chi connectivity index (χ4n) is 4.37. The van der Waals surface area contributed by atoms with Crippen molar-refractivity contribution in [2.75, 3.05) is 30.8 Å². The Bertz CT molecular complexity index is 1410. The zero-order valence-electron chi connectivity index (χ0n) is 24.3. The van der Waals surface area contributed by atoms with E-state index in [2.05, 4.69) is 15.0 Å². The summed E-state index contributed by atoms with van der Waals surface area (Å²) in [5, 5.41) is 10.9. The first-order valence-corrected chi connectivity index (χ1v) is 14.7. The molecule has 16 heteroatoms. The van der Waals surface area contributed by atoms with E-state index < -0.39 is 57.0 Å². The molecule has 0 spiro atoms. The number of fused-ring (bicyclic) bond motifs is 1. The number of imidazole rings is 1. The smallest absolute Gasteiger partial charge is 0.327 e. The third kappa shape index (κ3) is 6.50. The van der Waals surface area contributed by atoms with Crippen LogP contribution < -0.4 is 15.5 Å². The number of nitrogens with zero attached hydrogens (tertiary/aromatic N) is 6. The zero-order valence-corrected chi connectivity index (χ0v) is 25.3. The number of alkyl halides is 1. The molecule has 3 aromatic rings. The van der Waals surface area contributed by atoms with E-state index in [1.165, 1.54) is 24.7 Å². The largest absolute Gasteiger partial charge is 0.462 e. The monoisotopic (exact) mass is 609 g/mol. The van der Waals surface area contributed by atoms with Crippen molar-refractivity contribution in [3.05, 3.63) is 36.7 Å². The van der Waals surface area contributed by atoms with E-state index in [1.54, 1.807) is 51.2 Å². The van der Waals surface area contributed by atoms with Gasteiger partial charge < -0.3 is 34.6 Å². The second kappa shape index (κ2) is 12.9. The Balaban J connectivity index is 1.54. The quantitative estimate of drug-likeness (QED) is 0.175. The molecule has 1 fully saturated rings. The molecule has 1 aliphatic heterocycles. The van der Waals surface area contributed by atoms with Gasteiger partial charge in [0.2, 0.25) is 5.95 Å². The topological polar surface area (TPSA) is 167 Å². The summed E-state index contributed by atoms with van der Waals surface area (Å²) in [6.45, 7) is 8.04. The lowest BCUT2D eigenvalue weighted by Gasteiger charge is -2.27. The Morgan fingerprint density at radius 1 is 1.29 bits per heavy atom. The van der Waals surface area contributed by atoms with E-state index in [-0.39, 0.29) is 11.6 Å². The normalized spacial score (nSPS) is 23.8. The molecule has 0 amide bonds. The van der Waals surface area contributed by atoms with Crippen LogP contribution in [0.2, 0.25) is 0 Å². The summed E-state index contributed by atoms with van der Waals surface area (Å²) in [6, 6.07) is 7.28. The number of para-hydroxylation sites is 1. The number of halogens is 1. The van der Waals surface area contributed by atoms with Gasteiger partial charge in [-0.05, 0) is 46.8 Å². The number of hydrogen-bond acceptors (Lipinski definition) is 12. The van der Waals surface area contributed by atoms with Gasteiger partial charge in [0.05, 0.1) is 19.0 Å². The van der Waals surface area contributed by atoms with Crippen LogP contribution in [-0.2, 0) is 23.4 Å². The summed E-state index contributed by atoms with van der Waals surface area (Å²) in [5.74, 6) is 0.0389. The average molecular weight is 610 g/mol. The molecule has 3 N–H and O–H groups in total. The highest BCUT2D eigenvalue weighted by atomic mass is 31.1. The summed E-state index contributed by atoms with van der Waals surface area (Å²) in [5.41, 5.74) is 4.19. The molecule has 4 rings (SSSR count). The molecule has 0 radical (unpaired) electrons. The predicted octanol–water partition coefficient (Wildman–Crippen LogP) is 2.89. The van der Waals surface area contributed by atoms with E-state index in [9.17, 15) is 14.5 Å². The van der Waals surface area contributed by atoms with E-state index in [0.29, 0.717) is 23.6 Å². The molecule has 1 unspecified atom stereocenters. The minimum absolute atomic E-state index is 0.0410. The van der Waals surface area contributed by atoms with Crippen LogP contribution in [0.5, 0.6) is 5.75 Å². The molecule has 1 aromatic carbocycles. The second-order valence-electron chi connectivity index (χ2n) is 10.3. The Morgan fingerprint density at radius 2 is 1.98 bits per heavy atom. The van der Waals surface area contributed by atoms with Crippen molar-refractivity contribution < 1.29 is 37.7 Å². The van der Waals surface area contributed by atoms with Gasteiger partial charge in [0.1, 0.15) is 24.0 Å². The number of nitrogen functional groups attached to an aromatic ring is 1. The number of anilines is 2. The second-order valence-corrected chi connectivity index (χ2v) is 11.6. The van der Waals surface area contributed by atoms with Crippen molar-refractivity contribution in [3.63, 3.8) is 0 Å². The number of carbonyl (C=O) groups is 1. The van der Waals surface area contributed by atoms with Crippen molar-refractivity contribution >= 4 is 37.1 Å². The molecule has 42 heavy (non-hydrogen) atoms. The van der Waals surface area contributed by atoms with E-state index in [1.807, 2.05) is 11.8 Å². The number of rotatable bonds is 12. The lowest BCUT2D eigenvalue weighted by atomic mass is 9.98. The first-order valence-electron chi connectivity index (χ1n) is 13.5. The van der Waals surface area contributed by atoms with Gasteiger partial charge in [-0.1, -0.05) is 23.0 Å². The first kappa shape index (κ1) is 31.6. The van der Waals surface area contributed by atoms with Gasteiger partial charge in [0, 0.05) is 13.6 Å². The molecular formula is C26H37FN7O7P. The van der Waals surface area contributed by atoms with Crippen LogP contribution in [0.4, 0.5) is 16.2 Å². The van der Waals surface area contributed by atoms with E-state index in [0.717, 1.165) is 4.83 Å². The molecule has 0 bridgehead atoms. The number of aliphatic hydroxyl groups is 1. The van der Waals surface area contributed by atoms with E-state index in [4.69, 9.17) is 24.6 Å². The SMILES string of the molecule is CCN(C)c1nc(N)nc2c1ncn2[C@@H]1O[C@H](CO[PH](=O)N(Oc2ccccc2)[C@@H](C)C(=O)OC(C)C)[C@@H](O)[C@@]1(C)F. The standard InChI is InChI=1S/C26H37FN7O7P/c1-7-32(6)21-19-22(31-25(28)30-21)33(14-29-19)24-26(5,27)20(35)18(40-24)13-38-42(37)34(16(4)23(36)39-15(2)3)41-17-11-9-8-10-12-17/h8-12,14-16,18,20,24,35,42H,7,13H2,1-6H3,(H2,28,30,31)/t16-,18+,20+,24+,26+/m0/s1. The molecule has 2 aromatic heterocycles. The van der Waals surface area contributed by atoms with Crippen LogP contribution in [0.25, 0.3) is 11.2 Å². The van der Waals surface area contributed by atoms with Gasteiger partial charge in [0.15, 0.2) is 28.9 Å². The predicted molar refractivity (Wildman–Crippen MR) is 153 cm³/mol. The van der Waals surface area contributed by atoms with Gasteiger partial charge in [-0.15, -0.1) is 0 Å². The van der Waals surface area contributed by atoms with Crippen molar-refractivity contribution in [3.8, 4) is 5.75 Å². The number of aromatic nitrogens is 4. The molecule has 3 heterocycles. The van der Waals surface area contributed by atoms with Crippen LogP contribution in [0.1, 0.15) is 40.8 Å². The summed E-state index contributed by atoms with van der Waals surface area (Å²) in [6.07, 6.45) is -3.38. The Kier molecular flexibility index (Phi) is 9.68. The highest BCUT2D eigenvalue weighted by Crippen LogP contribution is 2.44. The summed E-state index contributed by atoms with van der Waals surface area (Å²) >= 11 is 0. The maximum Gasteiger partial charge on any atom is 0.327 e. The number of hydrogen-bond donors (Lipinski definition) is 2. The summed E-state index contributed by atoms with van der Waals surface area (Å²) in [4.78, 5) is 33.9. The van der Waals surface area contributed by atoms with Crippen molar-refractivity contribution in [1.82, 2.24) is 24.4 Å². The van der Waals surface area contributed by atoms with Gasteiger partial charge in [-0.3, -0.25) is 13.9 Å². The van der Waals surface area contributed by atoms with Crippen LogP contribution >= 0.6 is 8.18 Å². The highest BCUT2D eigenvalue weighted by Gasteiger charge is 2.55. The first-order chi connectivity index (χ1) is 19.8. The lowest BCUT2D eigenvalue weighted by molar-refractivity contribution is -0.159. The lowest BCUT2D eigenvalue weighted by Crippen LogP contribution is -2.41. The van der Waals surface area contributed by atoms with Crippen LogP contribution in [-0.4, -0.2) is 85.7 Å². The van der Waals surface area contributed by atoms with Crippen molar-refractivity contribution in [1.29, 1.82) is 0 Å². The molecule has 14 nitrogen and oxygen atoms in total. The Hall–Kier alpha value is -3.36. The number of hydroxylamine groups is 1. The summed E-state index contributed by atoms with van der Waals surface area (Å²) < 4.78 is 47.4. The number of benzene rings is 1. The minimum Gasteiger partial charge on any atom is -0.462 e. The molecule has 0 saturated carbocycles. The van der Waals surface area contributed by atoms with Crippen LogP contribution in [0, 0.1) is 0 Å². The van der Waals surface area contributed by atoms with Crippen LogP contribution in [0.15, 0.2) is 36.7 Å². The van der Waals surface area contributed by atoms with Gasteiger partial charge in [-0.25, -0.2) is 9.37 Å². The molecule has 1 aliphatic rings. The van der Waals surface area contributed by atoms with Gasteiger partial charge in [0.25, 0.3) is 8.18 Å². The molecular weight excluding hydrogens is 572 g/mol. The number of esters is 1. The van der Waals surface area contributed by atoms with E-state index >= 15 is 4.39 Å². The van der Waals surface area contributed by atoms with Gasteiger partial charge >= 0.3 is 5.97 Å². The van der Waals surface area contributed by atoms with Gasteiger partial charge in [-0.2, -0.15) is 9.97 Å². The third-order valence-corrected chi connectivity index (χ3v) is 8.02. The fraction of sp³-hybridized carbons (Fsp3) is 0.538. The number of aliphatic hydroxyl groups excluding tert-OH is 1. The molecule has 230 valence electrons. The fourth-order valence-corrected chi connectivity index (χ4v) is 5.40. The summed E-state index contributed by atoms with van der Waals surface area (Å²) in [7, 11) is -1.49.